The van der Waals surface area contributed by atoms with E-state index in [1.807, 2.05) is 18.7 Å². The summed E-state index contributed by atoms with van der Waals surface area (Å²) in [4.78, 5) is 13.6. The van der Waals surface area contributed by atoms with Crippen LogP contribution in [0.4, 0.5) is 0 Å². The predicted molar refractivity (Wildman–Crippen MR) is 72.0 cm³/mol. The highest BCUT2D eigenvalue weighted by Crippen LogP contribution is 2.17. The van der Waals surface area contributed by atoms with Crippen molar-refractivity contribution in [2.75, 3.05) is 19.7 Å². The molecular formula is C13H22N2O4. The summed E-state index contributed by atoms with van der Waals surface area (Å²) in [5.41, 5.74) is 0.485. The first-order valence-electron chi connectivity index (χ1n) is 6.47. The molecule has 1 aromatic heterocycles. The molecule has 0 bridgehead atoms. The number of pyridine rings is 1. The lowest BCUT2D eigenvalue weighted by Gasteiger charge is -2.23. The maximum absolute atomic E-state index is 11.7. The first-order chi connectivity index (χ1) is 9.08. The largest absolute Gasteiger partial charge is 0.503 e. The summed E-state index contributed by atoms with van der Waals surface area (Å²) in [5, 5.41) is 28.2. The molecule has 1 heterocycles. The molecule has 0 aromatic carbocycles. The van der Waals surface area contributed by atoms with E-state index in [0.29, 0.717) is 37.6 Å². The number of hydrogen-bond donors (Lipinski definition) is 3. The predicted octanol–water partition coefficient (Wildman–Crippen LogP) is -0.120. The van der Waals surface area contributed by atoms with E-state index in [2.05, 4.69) is 0 Å². The Bertz CT molecular complexity index is 470. The third-order valence-corrected chi connectivity index (χ3v) is 3.19. The van der Waals surface area contributed by atoms with Gasteiger partial charge in [-0.05, 0) is 13.5 Å². The second-order valence-corrected chi connectivity index (χ2v) is 4.29. The molecule has 19 heavy (non-hydrogen) atoms. The molecular weight excluding hydrogens is 248 g/mol. The summed E-state index contributed by atoms with van der Waals surface area (Å²) in [6.45, 7) is 5.67. The van der Waals surface area contributed by atoms with E-state index in [9.17, 15) is 15.0 Å². The number of aliphatic hydroxyl groups excluding tert-OH is 2. The quantitative estimate of drug-likeness (QED) is 0.643. The summed E-state index contributed by atoms with van der Waals surface area (Å²) < 4.78 is 1.73. The molecule has 6 nitrogen and oxygen atoms in total. The standard InChI is InChI=1S/C13H22N2O4/c1-3-14(5-6-16)8-11-13(19)12(18)7-10(9-17)15(11)4-2/h7,16-17,19H,3-6,8-9H2,1-2H3. The summed E-state index contributed by atoms with van der Waals surface area (Å²) in [7, 11) is 0. The summed E-state index contributed by atoms with van der Waals surface area (Å²) >= 11 is 0. The van der Waals surface area contributed by atoms with Gasteiger partial charge in [-0.15, -0.1) is 0 Å². The number of aromatic nitrogens is 1. The van der Waals surface area contributed by atoms with Gasteiger partial charge in [0, 0.05) is 31.4 Å². The first kappa shape index (κ1) is 15.7. The zero-order valence-electron chi connectivity index (χ0n) is 11.5. The van der Waals surface area contributed by atoms with Crippen LogP contribution in [0.2, 0.25) is 0 Å². The van der Waals surface area contributed by atoms with Crippen LogP contribution in [-0.2, 0) is 19.7 Å². The van der Waals surface area contributed by atoms with E-state index in [1.54, 1.807) is 4.57 Å². The van der Waals surface area contributed by atoms with Crippen LogP contribution in [0.15, 0.2) is 10.9 Å². The fourth-order valence-corrected chi connectivity index (χ4v) is 2.13. The molecule has 6 heteroatoms. The van der Waals surface area contributed by atoms with Crippen LogP contribution < -0.4 is 5.43 Å². The van der Waals surface area contributed by atoms with E-state index in [1.165, 1.54) is 6.07 Å². The molecule has 0 aliphatic heterocycles. The molecule has 0 fully saturated rings. The van der Waals surface area contributed by atoms with Gasteiger partial charge in [-0.25, -0.2) is 0 Å². The second kappa shape index (κ2) is 7.28. The molecule has 0 spiro atoms. The van der Waals surface area contributed by atoms with Crippen molar-refractivity contribution in [1.82, 2.24) is 9.47 Å². The molecule has 0 amide bonds. The fourth-order valence-electron chi connectivity index (χ4n) is 2.13. The van der Waals surface area contributed by atoms with E-state index in [-0.39, 0.29) is 19.0 Å². The molecule has 0 unspecified atom stereocenters. The van der Waals surface area contributed by atoms with Crippen molar-refractivity contribution < 1.29 is 15.3 Å². The topological polar surface area (TPSA) is 85.9 Å². The van der Waals surface area contributed by atoms with Crippen LogP contribution in [0, 0.1) is 0 Å². The normalized spacial score (nSPS) is 11.2. The Hall–Kier alpha value is -1.37. The Morgan fingerprint density at radius 3 is 2.47 bits per heavy atom. The Morgan fingerprint density at radius 2 is 2.00 bits per heavy atom. The Morgan fingerprint density at radius 1 is 1.32 bits per heavy atom. The van der Waals surface area contributed by atoms with Gasteiger partial charge in [0.15, 0.2) is 5.75 Å². The number of nitrogens with zero attached hydrogens (tertiary/aromatic N) is 2. The lowest BCUT2D eigenvalue weighted by atomic mass is 10.2. The monoisotopic (exact) mass is 270 g/mol. The summed E-state index contributed by atoms with van der Waals surface area (Å²) in [6, 6.07) is 1.25. The first-order valence-corrected chi connectivity index (χ1v) is 6.47. The van der Waals surface area contributed by atoms with Crippen LogP contribution >= 0.6 is 0 Å². The molecule has 0 aliphatic carbocycles. The minimum Gasteiger partial charge on any atom is -0.503 e. The van der Waals surface area contributed by atoms with Gasteiger partial charge in [0.25, 0.3) is 0 Å². The maximum atomic E-state index is 11.7. The summed E-state index contributed by atoms with van der Waals surface area (Å²) in [6.07, 6.45) is 0. The van der Waals surface area contributed by atoms with Crippen LogP contribution in [0.5, 0.6) is 5.75 Å². The molecule has 0 saturated heterocycles. The smallest absolute Gasteiger partial charge is 0.223 e. The van der Waals surface area contributed by atoms with Gasteiger partial charge in [-0.3, -0.25) is 9.69 Å². The molecule has 0 aliphatic rings. The highest BCUT2D eigenvalue weighted by atomic mass is 16.3. The van der Waals surface area contributed by atoms with Crippen molar-refractivity contribution in [2.24, 2.45) is 0 Å². The van der Waals surface area contributed by atoms with E-state index in [4.69, 9.17) is 5.11 Å². The summed E-state index contributed by atoms with van der Waals surface area (Å²) in [5.74, 6) is -0.282. The van der Waals surface area contributed by atoms with Crippen molar-refractivity contribution in [1.29, 1.82) is 0 Å². The van der Waals surface area contributed by atoms with E-state index >= 15 is 0 Å². The zero-order chi connectivity index (χ0) is 14.4. The van der Waals surface area contributed by atoms with Gasteiger partial charge in [-0.1, -0.05) is 6.92 Å². The molecule has 108 valence electrons. The molecule has 3 N–H and O–H groups in total. The molecule has 1 aromatic rings. The maximum Gasteiger partial charge on any atom is 0.223 e. The van der Waals surface area contributed by atoms with E-state index in [0.717, 1.165) is 0 Å². The van der Waals surface area contributed by atoms with Crippen LogP contribution in [0.3, 0.4) is 0 Å². The van der Waals surface area contributed by atoms with Gasteiger partial charge in [0.05, 0.1) is 18.9 Å². The molecule has 0 saturated carbocycles. The van der Waals surface area contributed by atoms with Gasteiger partial charge >= 0.3 is 0 Å². The molecule has 1 rings (SSSR count). The van der Waals surface area contributed by atoms with Gasteiger partial charge in [-0.2, -0.15) is 0 Å². The Labute approximate surface area is 112 Å². The Kier molecular flexibility index (Phi) is 6.01. The third kappa shape index (κ3) is 3.56. The van der Waals surface area contributed by atoms with Crippen molar-refractivity contribution in [2.45, 2.75) is 33.5 Å². The third-order valence-electron chi connectivity index (χ3n) is 3.19. The van der Waals surface area contributed by atoms with Gasteiger partial charge < -0.3 is 19.9 Å². The fraction of sp³-hybridized carbons (Fsp3) is 0.615. The Balaban J connectivity index is 3.23. The van der Waals surface area contributed by atoms with Gasteiger partial charge in [0.2, 0.25) is 5.43 Å². The molecule has 0 atom stereocenters. The van der Waals surface area contributed by atoms with Crippen LogP contribution in [0.25, 0.3) is 0 Å². The number of likely N-dealkylation sites (N-methyl/N-ethyl adjacent to an activating group) is 1. The van der Waals surface area contributed by atoms with Crippen molar-refractivity contribution in [3.05, 3.63) is 27.7 Å². The lowest BCUT2D eigenvalue weighted by molar-refractivity contribution is 0.190. The lowest BCUT2D eigenvalue weighted by Crippen LogP contribution is -2.29. The number of aliphatic hydroxyl groups is 2. The van der Waals surface area contributed by atoms with Gasteiger partial charge in [0.1, 0.15) is 0 Å². The minimum absolute atomic E-state index is 0.0185. The average Bonchev–Trinajstić information content (AvgIpc) is 2.42. The van der Waals surface area contributed by atoms with Crippen molar-refractivity contribution in [3.8, 4) is 5.75 Å². The van der Waals surface area contributed by atoms with Crippen LogP contribution in [-0.4, -0.2) is 44.5 Å². The SMILES string of the molecule is CCN(CCO)Cc1c(O)c(=O)cc(CO)n1CC. The number of rotatable bonds is 7. The van der Waals surface area contributed by atoms with E-state index < -0.39 is 5.43 Å². The van der Waals surface area contributed by atoms with Crippen molar-refractivity contribution >= 4 is 0 Å². The number of hydrogen-bond acceptors (Lipinski definition) is 5. The highest BCUT2D eigenvalue weighted by Gasteiger charge is 2.16. The van der Waals surface area contributed by atoms with Crippen LogP contribution in [0.1, 0.15) is 25.2 Å². The molecule has 0 radical (unpaired) electrons. The van der Waals surface area contributed by atoms with Crippen molar-refractivity contribution in [3.63, 3.8) is 0 Å². The minimum atomic E-state index is -0.483. The second-order valence-electron chi connectivity index (χ2n) is 4.29. The highest BCUT2D eigenvalue weighted by molar-refractivity contribution is 5.30. The zero-order valence-corrected chi connectivity index (χ0v) is 11.5. The average molecular weight is 270 g/mol. The number of aromatic hydroxyl groups is 1.